The molecule has 0 heterocycles. The van der Waals surface area contributed by atoms with Crippen LogP contribution in [0, 0.1) is 5.82 Å². The highest BCUT2D eigenvalue weighted by Gasteiger charge is 2.07. The molecule has 1 aromatic rings. The van der Waals surface area contributed by atoms with Crippen molar-refractivity contribution in [2.24, 2.45) is 0 Å². The van der Waals surface area contributed by atoms with Gasteiger partial charge in [0.15, 0.2) is 0 Å². The van der Waals surface area contributed by atoms with Crippen LogP contribution in [-0.4, -0.2) is 36.0 Å². The number of carbonyl (C=O) groups excluding carboxylic acids is 2. The minimum absolute atomic E-state index is 0.00362. The molecule has 7 heteroatoms. The zero-order chi connectivity index (χ0) is 16.4. The number of rotatable bonds is 9. The summed E-state index contributed by atoms with van der Waals surface area (Å²) in [4.78, 5) is 33.3. The summed E-state index contributed by atoms with van der Waals surface area (Å²) in [5.74, 6) is -1.99. The lowest BCUT2D eigenvalue weighted by Crippen LogP contribution is -2.37. The number of hydrogen-bond acceptors (Lipinski definition) is 3. The van der Waals surface area contributed by atoms with Crippen LogP contribution in [0.2, 0.25) is 0 Å². The standard InChI is InChI=1S/C15H19FN2O4/c16-12-5-3-4-11(8-12)9-13(19)18-10-14(20)17-7-2-1-6-15(21)22/h3-5,8H,1-2,6-7,9-10H2,(H,17,20)(H,18,19)(H,21,22). The van der Waals surface area contributed by atoms with Crippen LogP contribution < -0.4 is 10.6 Å². The highest BCUT2D eigenvalue weighted by Crippen LogP contribution is 2.03. The highest BCUT2D eigenvalue weighted by molar-refractivity contribution is 5.85. The van der Waals surface area contributed by atoms with Gasteiger partial charge in [0.1, 0.15) is 5.82 Å². The minimum atomic E-state index is -0.865. The van der Waals surface area contributed by atoms with E-state index in [1.165, 1.54) is 18.2 Å². The maximum Gasteiger partial charge on any atom is 0.303 e. The number of amides is 2. The normalized spacial score (nSPS) is 10.0. The van der Waals surface area contributed by atoms with Gasteiger partial charge < -0.3 is 15.7 Å². The Morgan fingerprint density at radius 3 is 2.55 bits per heavy atom. The van der Waals surface area contributed by atoms with Crippen LogP contribution in [0.25, 0.3) is 0 Å². The van der Waals surface area contributed by atoms with Gasteiger partial charge in [-0.1, -0.05) is 12.1 Å². The fourth-order valence-electron chi connectivity index (χ4n) is 1.77. The van der Waals surface area contributed by atoms with E-state index in [4.69, 9.17) is 5.11 Å². The Kier molecular flexibility index (Phi) is 7.60. The largest absolute Gasteiger partial charge is 0.481 e. The van der Waals surface area contributed by atoms with Crippen molar-refractivity contribution in [3.63, 3.8) is 0 Å². The Hall–Kier alpha value is -2.44. The number of carboxylic acids is 1. The second-order valence-electron chi connectivity index (χ2n) is 4.78. The first-order chi connectivity index (χ1) is 10.5. The molecular formula is C15H19FN2O4. The van der Waals surface area contributed by atoms with E-state index in [-0.39, 0.29) is 31.2 Å². The third kappa shape index (κ3) is 7.98. The Balaban J connectivity index is 2.15. The number of carboxylic acid groups (broad SMARTS) is 1. The van der Waals surface area contributed by atoms with Gasteiger partial charge in [-0.3, -0.25) is 14.4 Å². The third-order valence-corrected chi connectivity index (χ3v) is 2.84. The van der Waals surface area contributed by atoms with E-state index in [1.807, 2.05) is 0 Å². The van der Waals surface area contributed by atoms with Gasteiger partial charge in [-0.2, -0.15) is 0 Å². The second kappa shape index (κ2) is 9.49. The number of benzene rings is 1. The van der Waals surface area contributed by atoms with Crippen molar-refractivity contribution in [1.82, 2.24) is 10.6 Å². The number of halogens is 1. The SMILES string of the molecule is O=C(O)CCCCNC(=O)CNC(=O)Cc1cccc(F)c1. The van der Waals surface area contributed by atoms with Gasteiger partial charge in [0, 0.05) is 13.0 Å². The molecule has 0 aliphatic heterocycles. The zero-order valence-corrected chi connectivity index (χ0v) is 12.1. The molecule has 22 heavy (non-hydrogen) atoms. The molecule has 0 radical (unpaired) electrons. The first-order valence-electron chi connectivity index (χ1n) is 6.97. The van der Waals surface area contributed by atoms with Gasteiger partial charge in [0.25, 0.3) is 0 Å². The summed E-state index contributed by atoms with van der Waals surface area (Å²) < 4.78 is 13.0. The fraction of sp³-hybridized carbons (Fsp3) is 0.400. The van der Waals surface area contributed by atoms with E-state index >= 15 is 0 Å². The molecule has 120 valence electrons. The molecule has 2 amide bonds. The third-order valence-electron chi connectivity index (χ3n) is 2.84. The molecule has 0 saturated heterocycles. The second-order valence-corrected chi connectivity index (χ2v) is 4.78. The molecule has 1 aromatic carbocycles. The van der Waals surface area contributed by atoms with Gasteiger partial charge in [0.05, 0.1) is 13.0 Å². The highest BCUT2D eigenvalue weighted by atomic mass is 19.1. The Morgan fingerprint density at radius 1 is 1.09 bits per heavy atom. The van der Waals surface area contributed by atoms with E-state index < -0.39 is 11.8 Å². The Morgan fingerprint density at radius 2 is 1.86 bits per heavy atom. The summed E-state index contributed by atoms with van der Waals surface area (Å²) in [5.41, 5.74) is 0.534. The van der Waals surface area contributed by atoms with Crippen molar-refractivity contribution in [3.8, 4) is 0 Å². The quantitative estimate of drug-likeness (QED) is 0.589. The lowest BCUT2D eigenvalue weighted by atomic mass is 10.1. The van der Waals surface area contributed by atoms with Gasteiger partial charge >= 0.3 is 5.97 Å². The van der Waals surface area contributed by atoms with Crippen LogP contribution in [0.5, 0.6) is 0 Å². The molecule has 0 aliphatic carbocycles. The lowest BCUT2D eigenvalue weighted by Gasteiger charge is -2.07. The van der Waals surface area contributed by atoms with Crippen molar-refractivity contribution >= 4 is 17.8 Å². The first-order valence-corrected chi connectivity index (χ1v) is 6.97. The summed E-state index contributed by atoms with van der Waals surface area (Å²) in [6, 6.07) is 5.70. The molecule has 6 nitrogen and oxygen atoms in total. The van der Waals surface area contributed by atoms with Crippen LogP contribution in [0.4, 0.5) is 4.39 Å². The van der Waals surface area contributed by atoms with Crippen LogP contribution in [-0.2, 0) is 20.8 Å². The maximum atomic E-state index is 13.0. The predicted molar refractivity (Wildman–Crippen MR) is 77.6 cm³/mol. The molecule has 3 N–H and O–H groups in total. The predicted octanol–water partition coefficient (Wildman–Crippen LogP) is 0.856. The molecule has 0 bridgehead atoms. The van der Waals surface area contributed by atoms with Crippen molar-refractivity contribution in [2.75, 3.05) is 13.1 Å². The van der Waals surface area contributed by atoms with Crippen LogP contribution in [0.3, 0.4) is 0 Å². The Labute approximate surface area is 127 Å². The molecule has 1 rings (SSSR count). The molecule has 0 aromatic heterocycles. The number of hydrogen-bond donors (Lipinski definition) is 3. The first kappa shape index (κ1) is 17.6. The average molecular weight is 310 g/mol. The molecule has 0 fully saturated rings. The van der Waals surface area contributed by atoms with Gasteiger partial charge in [-0.15, -0.1) is 0 Å². The van der Waals surface area contributed by atoms with E-state index in [2.05, 4.69) is 10.6 Å². The monoisotopic (exact) mass is 310 g/mol. The maximum absolute atomic E-state index is 13.0. The van der Waals surface area contributed by atoms with E-state index in [0.29, 0.717) is 24.9 Å². The number of carbonyl (C=O) groups is 3. The zero-order valence-electron chi connectivity index (χ0n) is 12.1. The van der Waals surface area contributed by atoms with Crippen molar-refractivity contribution in [1.29, 1.82) is 0 Å². The molecule has 0 aliphatic rings. The van der Waals surface area contributed by atoms with Crippen LogP contribution in [0.1, 0.15) is 24.8 Å². The van der Waals surface area contributed by atoms with E-state index in [0.717, 1.165) is 0 Å². The summed E-state index contributed by atoms with van der Waals surface area (Å²) >= 11 is 0. The minimum Gasteiger partial charge on any atom is -0.481 e. The van der Waals surface area contributed by atoms with Crippen LogP contribution in [0.15, 0.2) is 24.3 Å². The molecular weight excluding hydrogens is 291 g/mol. The number of nitrogens with one attached hydrogen (secondary N) is 2. The summed E-state index contributed by atoms with van der Waals surface area (Å²) in [5, 5.41) is 13.5. The Bertz CT molecular complexity index is 534. The molecule has 0 saturated carbocycles. The smallest absolute Gasteiger partial charge is 0.303 e. The van der Waals surface area contributed by atoms with Crippen LogP contribution >= 0.6 is 0 Å². The summed E-state index contributed by atoms with van der Waals surface area (Å²) in [6.07, 6.45) is 1.13. The molecule has 0 atom stereocenters. The van der Waals surface area contributed by atoms with Gasteiger partial charge in [0.2, 0.25) is 11.8 Å². The molecule has 0 spiro atoms. The molecule has 0 unspecified atom stereocenters. The number of unbranched alkanes of at least 4 members (excludes halogenated alkanes) is 1. The van der Waals surface area contributed by atoms with E-state index in [9.17, 15) is 18.8 Å². The van der Waals surface area contributed by atoms with Crippen molar-refractivity contribution in [2.45, 2.75) is 25.7 Å². The average Bonchev–Trinajstić information content (AvgIpc) is 2.44. The number of aliphatic carboxylic acids is 1. The van der Waals surface area contributed by atoms with Crippen molar-refractivity contribution < 1.29 is 23.9 Å². The van der Waals surface area contributed by atoms with Crippen molar-refractivity contribution in [3.05, 3.63) is 35.6 Å². The summed E-state index contributed by atoms with van der Waals surface area (Å²) in [6.45, 7) is 0.207. The van der Waals surface area contributed by atoms with Gasteiger partial charge in [-0.25, -0.2) is 4.39 Å². The fourth-order valence-corrected chi connectivity index (χ4v) is 1.77. The van der Waals surface area contributed by atoms with Gasteiger partial charge in [-0.05, 0) is 30.5 Å². The lowest BCUT2D eigenvalue weighted by molar-refractivity contribution is -0.137. The summed E-state index contributed by atoms with van der Waals surface area (Å²) in [7, 11) is 0. The topological polar surface area (TPSA) is 95.5 Å². The van der Waals surface area contributed by atoms with E-state index in [1.54, 1.807) is 6.07 Å².